The lowest BCUT2D eigenvalue weighted by Gasteiger charge is -2.24. The van der Waals surface area contributed by atoms with E-state index in [1.807, 2.05) is 25.2 Å². The van der Waals surface area contributed by atoms with Gasteiger partial charge in [0.05, 0.1) is 12.2 Å². The molecule has 0 saturated heterocycles. The molecule has 1 heterocycles. The molecule has 0 spiro atoms. The molecule has 1 aromatic heterocycles. The summed E-state index contributed by atoms with van der Waals surface area (Å²) in [7, 11) is 1.83. The van der Waals surface area contributed by atoms with Gasteiger partial charge in [0, 0.05) is 24.0 Å². The Balaban J connectivity index is 1.54. The minimum atomic E-state index is 0.560. The van der Waals surface area contributed by atoms with Crippen molar-refractivity contribution in [1.82, 2.24) is 15.6 Å². The number of hydrogen-bond donors (Lipinski definition) is 2. The maximum absolute atomic E-state index is 4.71. The average molecular weight is 328 g/mol. The van der Waals surface area contributed by atoms with Gasteiger partial charge in [-0.3, -0.25) is 4.99 Å². The molecule has 0 amide bonds. The topological polar surface area (TPSA) is 49.3 Å². The van der Waals surface area contributed by atoms with Crippen molar-refractivity contribution in [2.75, 3.05) is 7.05 Å². The van der Waals surface area contributed by atoms with Crippen LogP contribution in [-0.4, -0.2) is 24.0 Å². The van der Waals surface area contributed by atoms with E-state index in [4.69, 9.17) is 4.98 Å². The van der Waals surface area contributed by atoms with E-state index in [0.29, 0.717) is 12.6 Å². The summed E-state index contributed by atoms with van der Waals surface area (Å²) in [6.07, 6.45) is 6.50. The summed E-state index contributed by atoms with van der Waals surface area (Å²) in [6, 6.07) is 10.9. The second-order valence-electron chi connectivity index (χ2n) is 5.92. The van der Waals surface area contributed by atoms with E-state index < -0.39 is 0 Å². The molecule has 2 aromatic rings. The van der Waals surface area contributed by atoms with Crippen molar-refractivity contribution in [1.29, 1.82) is 0 Å². The third-order valence-electron chi connectivity index (χ3n) is 4.18. The molecule has 1 aliphatic rings. The van der Waals surface area contributed by atoms with Gasteiger partial charge in [-0.25, -0.2) is 4.98 Å². The van der Waals surface area contributed by atoms with Crippen molar-refractivity contribution in [2.24, 2.45) is 4.99 Å². The lowest BCUT2D eigenvalue weighted by molar-refractivity contribution is 0.410. The van der Waals surface area contributed by atoms with Crippen molar-refractivity contribution in [3.05, 3.63) is 41.4 Å². The summed E-state index contributed by atoms with van der Waals surface area (Å²) in [5.74, 6) is 0.881. The minimum Gasteiger partial charge on any atom is -0.354 e. The quantitative estimate of drug-likeness (QED) is 0.663. The molecular weight excluding hydrogens is 304 g/mol. The Hall–Kier alpha value is -1.88. The first-order valence-electron chi connectivity index (χ1n) is 8.32. The van der Waals surface area contributed by atoms with Gasteiger partial charge in [0.15, 0.2) is 5.96 Å². The molecule has 2 N–H and O–H groups in total. The Bertz CT molecular complexity index is 629. The van der Waals surface area contributed by atoms with Gasteiger partial charge in [0.2, 0.25) is 0 Å². The van der Waals surface area contributed by atoms with Crippen molar-refractivity contribution >= 4 is 17.3 Å². The molecule has 1 aliphatic carbocycles. The molecule has 23 heavy (non-hydrogen) atoms. The first-order valence-corrected chi connectivity index (χ1v) is 9.20. The SMILES string of the molecule is CN=C(NCc1csc(-c2ccccc2)n1)NC1CCCCC1. The van der Waals surface area contributed by atoms with Gasteiger partial charge < -0.3 is 10.6 Å². The number of hydrogen-bond acceptors (Lipinski definition) is 3. The fourth-order valence-electron chi connectivity index (χ4n) is 2.91. The predicted octanol–water partition coefficient (Wildman–Crippen LogP) is 3.81. The van der Waals surface area contributed by atoms with Gasteiger partial charge in [0.25, 0.3) is 0 Å². The first kappa shape index (κ1) is 16.0. The highest BCUT2D eigenvalue weighted by molar-refractivity contribution is 7.13. The maximum Gasteiger partial charge on any atom is 0.191 e. The first-order chi connectivity index (χ1) is 11.3. The van der Waals surface area contributed by atoms with Crippen LogP contribution in [0.2, 0.25) is 0 Å². The smallest absolute Gasteiger partial charge is 0.191 e. The molecule has 1 saturated carbocycles. The summed E-state index contributed by atoms with van der Waals surface area (Å²) in [5, 5.41) is 10.1. The summed E-state index contributed by atoms with van der Waals surface area (Å²) < 4.78 is 0. The minimum absolute atomic E-state index is 0.560. The number of aliphatic imine (C=N–C) groups is 1. The number of rotatable bonds is 4. The number of nitrogens with zero attached hydrogens (tertiary/aromatic N) is 2. The highest BCUT2D eigenvalue weighted by Gasteiger charge is 2.14. The van der Waals surface area contributed by atoms with Crippen LogP contribution in [0.4, 0.5) is 0 Å². The van der Waals surface area contributed by atoms with E-state index in [2.05, 4.69) is 33.1 Å². The van der Waals surface area contributed by atoms with Crippen LogP contribution < -0.4 is 10.6 Å². The molecule has 122 valence electrons. The molecule has 0 bridgehead atoms. The Morgan fingerprint density at radius 1 is 1.22 bits per heavy atom. The van der Waals surface area contributed by atoms with Crippen LogP contribution in [-0.2, 0) is 6.54 Å². The number of aromatic nitrogens is 1. The van der Waals surface area contributed by atoms with Gasteiger partial charge in [-0.15, -0.1) is 11.3 Å². The van der Waals surface area contributed by atoms with Crippen molar-refractivity contribution in [2.45, 2.75) is 44.7 Å². The van der Waals surface area contributed by atoms with Gasteiger partial charge >= 0.3 is 0 Å². The Labute approximate surface area is 142 Å². The number of nitrogens with one attached hydrogen (secondary N) is 2. The summed E-state index contributed by atoms with van der Waals surface area (Å²) >= 11 is 1.69. The molecule has 0 radical (unpaired) electrons. The molecular formula is C18H24N4S. The highest BCUT2D eigenvalue weighted by Crippen LogP contribution is 2.23. The van der Waals surface area contributed by atoms with E-state index in [9.17, 15) is 0 Å². The predicted molar refractivity (Wildman–Crippen MR) is 97.8 cm³/mol. The second kappa shape index (κ2) is 8.11. The van der Waals surface area contributed by atoms with Crippen molar-refractivity contribution in [3.8, 4) is 10.6 Å². The fourth-order valence-corrected chi connectivity index (χ4v) is 3.74. The lowest BCUT2D eigenvalue weighted by Crippen LogP contribution is -2.43. The van der Waals surface area contributed by atoms with Crippen LogP contribution in [0.5, 0.6) is 0 Å². The van der Waals surface area contributed by atoms with E-state index >= 15 is 0 Å². The lowest BCUT2D eigenvalue weighted by atomic mass is 9.96. The zero-order valence-electron chi connectivity index (χ0n) is 13.6. The van der Waals surface area contributed by atoms with E-state index in [1.54, 1.807) is 11.3 Å². The highest BCUT2D eigenvalue weighted by atomic mass is 32.1. The van der Waals surface area contributed by atoms with Gasteiger partial charge in [-0.05, 0) is 12.8 Å². The van der Waals surface area contributed by atoms with Crippen molar-refractivity contribution < 1.29 is 0 Å². The Morgan fingerprint density at radius 3 is 2.74 bits per heavy atom. The molecule has 0 unspecified atom stereocenters. The van der Waals surface area contributed by atoms with Crippen LogP contribution in [0.1, 0.15) is 37.8 Å². The molecule has 5 heteroatoms. The number of thiazole rings is 1. The average Bonchev–Trinajstić information content (AvgIpc) is 3.09. The van der Waals surface area contributed by atoms with E-state index in [1.165, 1.54) is 37.7 Å². The standard InChI is InChI=1S/C18H24N4S/c1-19-18(22-15-10-6-3-7-11-15)20-12-16-13-23-17(21-16)14-8-4-2-5-9-14/h2,4-5,8-9,13,15H,3,6-7,10-12H2,1H3,(H2,19,20,22). The third kappa shape index (κ3) is 4.55. The second-order valence-corrected chi connectivity index (χ2v) is 6.77. The van der Waals surface area contributed by atoms with E-state index in [-0.39, 0.29) is 0 Å². The zero-order valence-corrected chi connectivity index (χ0v) is 14.4. The van der Waals surface area contributed by atoms with Crippen LogP contribution in [0.3, 0.4) is 0 Å². The van der Waals surface area contributed by atoms with E-state index in [0.717, 1.165) is 16.7 Å². The van der Waals surface area contributed by atoms with Crippen LogP contribution >= 0.6 is 11.3 Å². The van der Waals surface area contributed by atoms with Crippen LogP contribution in [0.25, 0.3) is 10.6 Å². The van der Waals surface area contributed by atoms with Gasteiger partial charge in [0.1, 0.15) is 5.01 Å². The molecule has 1 aromatic carbocycles. The monoisotopic (exact) mass is 328 g/mol. The summed E-state index contributed by atoms with van der Waals surface area (Å²) in [4.78, 5) is 9.04. The van der Waals surface area contributed by atoms with Crippen LogP contribution in [0.15, 0.2) is 40.7 Å². The largest absolute Gasteiger partial charge is 0.354 e. The van der Waals surface area contributed by atoms with Gasteiger partial charge in [-0.1, -0.05) is 49.6 Å². The van der Waals surface area contributed by atoms with Crippen LogP contribution in [0, 0.1) is 0 Å². The molecule has 0 atom stereocenters. The normalized spacial score (nSPS) is 16.3. The number of guanidine groups is 1. The van der Waals surface area contributed by atoms with Crippen molar-refractivity contribution in [3.63, 3.8) is 0 Å². The molecule has 3 rings (SSSR count). The Morgan fingerprint density at radius 2 is 2.00 bits per heavy atom. The number of benzene rings is 1. The summed E-state index contributed by atoms with van der Waals surface area (Å²) in [6.45, 7) is 0.704. The Kier molecular flexibility index (Phi) is 5.64. The summed E-state index contributed by atoms with van der Waals surface area (Å²) in [5.41, 5.74) is 2.23. The maximum atomic E-state index is 4.71. The van der Waals surface area contributed by atoms with Gasteiger partial charge in [-0.2, -0.15) is 0 Å². The molecule has 1 fully saturated rings. The zero-order chi connectivity index (χ0) is 15.9. The molecule has 4 nitrogen and oxygen atoms in total. The third-order valence-corrected chi connectivity index (χ3v) is 5.12. The molecule has 0 aliphatic heterocycles. The fraction of sp³-hybridized carbons (Fsp3) is 0.444.